The molecule has 1 unspecified atom stereocenters. The smallest absolute Gasteiger partial charge is 0.209 e. The van der Waals surface area contributed by atoms with Gasteiger partial charge in [-0.3, -0.25) is 4.79 Å². The summed E-state index contributed by atoms with van der Waals surface area (Å²) in [6.07, 6.45) is 3.83. The lowest BCUT2D eigenvalue weighted by atomic mass is 9.92. The zero-order valence-corrected chi connectivity index (χ0v) is 8.69. The van der Waals surface area contributed by atoms with Crippen LogP contribution < -0.4 is 0 Å². The van der Waals surface area contributed by atoms with Crippen molar-refractivity contribution in [1.29, 1.82) is 0 Å². The summed E-state index contributed by atoms with van der Waals surface area (Å²) >= 11 is 0. The Kier molecular flexibility index (Phi) is 3.72. The Hall–Kier alpha value is -0.570. The Bertz CT molecular complexity index is 172. The van der Waals surface area contributed by atoms with Crippen molar-refractivity contribution >= 4 is 6.41 Å². The SMILES string of the molecule is C[C@H]1CCC(CN(C)C=O)[C@@H](C)O1. The van der Waals surface area contributed by atoms with Gasteiger partial charge in [0.25, 0.3) is 0 Å². The van der Waals surface area contributed by atoms with Crippen LogP contribution in [0.5, 0.6) is 0 Å². The van der Waals surface area contributed by atoms with Crippen LogP contribution in [0.15, 0.2) is 0 Å². The van der Waals surface area contributed by atoms with Crippen molar-refractivity contribution in [2.45, 2.75) is 38.9 Å². The van der Waals surface area contributed by atoms with E-state index >= 15 is 0 Å². The van der Waals surface area contributed by atoms with Crippen LogP contribution in [0.2, 0.25) is 0 Å². The van der Waals surface area contributed by atoms with Gasteiger partial charge in [-0.1, -0.05) is 0 Å². The van der Waals surface area contributed by atoms with Crippen LogP contribution in [-0.4, -0.2) is 37.1 Å². The number of carbonyl (C=O) groups is 1. The van der Waals surface area contributed by atoms with E-state index in [9.17, 15) is 4.79 Å². The molecule has 1 saturated heterocycles. The maximum absolute atomic E-state index is 10.4. The average Bonchev–Trinajstić information content (AvgIpc) is 2.09. The molecule has 0 saturated carbocycles. The average molecular weight is 185 g/mol. The summed E-state index contributed by atoms with van der Waals surface area (Å²) < 4.78 is 5.70. The monoisotopic (exact) mass is 185 g/mol. The van der Waals surface area contributed by atoms with E-state index < -0.39 is 0 Å². The van der Waals surface area contributed by atoms with E-state index in [-0.39, 0.29) is 6.10 Å². The first-order valence-electron chi connectivity index (χ1n) is 4.94. The van der Waals surface area contributed by atoms with Crippen LogP contribution in [0.1, 0.15) is 26.7 Å². The molecule has 0 spiro atoms. The van der Waals surface area contributed by atoms with Crippen molar-refractivity contribution in [3.63, 3.8) is 0 Å². The number of carbonyl (C=O) groups excluding carboxylic acids is 1. The van der Waals surface area contributed by atoms with Gasteiger partial charge in [-0.05, 0) is 26.7 Å². The molecule has 3 atom stereocenters. The van der Waals surface area contributed by atoms with Crippen molar-refractivity contribution in [3.05, 3.63) is 0 Å². The molecule has 1 aliphatic rings. The second-order valence-corrected chi connectivity index (χ2v) is 4.03. The van der Waals surface area contributed by atoms with Gasteiger partial charge in [0.05, 0.1) is 12.2 Å². The van der Waals surface area contributed by atoms with Gasteiger partial charge in [0.1, 0.15) is 0 Å². The number of hydrogen-bond donors (Lipinski definition) is 0. The molecule has 0 aliphatic carbocycles. The lowest BCUT2D eigenvalue weighted by Crippen LogP contribution is -2.38. The molecule has 1 aliphatic heterocycles. The molecule has 1 fully saturated rings. The van der Waals surface area contributed by atoms with Gasteiger partial charge in [0, 0.05) is 19.5 Å². The number of ether oxygens (including phenoxy) is 1. The van der Waals surface area contributed by atoms with Crippen LogP contribution in [0.3, 0.4) is 0 Å². The van der Waals surface area contributed by atoms with Gasteiger partial charge < -0.3 is 9.64 Å². The first-order chi connectivity index (χ1) is 6.13. The van der Waals surface area contributed by atoms with Crippen molar-refractivity contribution in [2.75, 3.05) is 13.6 Å². The summed E-state index contributed by atoms with van der Waals surface area (Å²) in [5.74, 6) is 0.506. The molecule has 1 heterocycles. The predicted octanol–water partition coefficient (Wildman–Crippen LogP) is 1.28. The lowest BCUT2D eigenvalue weighted by molar-refractivity contribution is -0.120. The molecule has 76 valence electrons. The standard InChI is InChI=1S/C10H19NO2/c1-8-4-5-10(9(2)13-8)6-11(3)7-12/h7-10H,4-6H2,1-3H3/t8-,9+,10?/m0/s1. The maximum atomic E-state index is 10.4. The highest BCUT2D eigenvalue weighted by Crippen LogP contribution is 2.24. The molecular formula is C10H19NO2. The summed E-state index contributed by atoms with van der Waals surface area (Å²) in [6, 6.07) is 0. The minimum absolute atomic E-state index is 0.283. The molecule has 1 amide bonds. The molecule has 3 heteroatoms. The van der Waals surface area contributed by atoms with Crippen LogP contribution >= 0.6 is 0 Å². The van der Waals surface area contributed by atoms with Crippen molar-refractivity contribution in [3.8, 4) is 0 Å². The molecule has 3 nitrogen and oxygen atoms in total. The van der Waals surface area contributed by atoms with Gasteiger partial charge >= 0.3 is 0 Å². The fourth-order valence-corrected chi connectivity index (χ4v) is 1.88. The van der Waals surface area contributed by atoms with Crippen LogP contribution in [0, 0.1) is 5.92 Å². The van der Waals surface area contributed by atoms with E-state index in [0.29, 0.717) is 12.0 Å². The fourth-order valence-electron chi connectivity index (χ4n) is 1.88. The van der Waals surface area contributed by atoms with E-state index in [1.807, 2.05) is 7.05 Å². The molecule has 0 bridgehead atoms. The Balaban J connectivity index is 2.37. The van der Waals surface area contributed by atoms with E-state index in [1.54, 1.807) is 4.90 Å². The molecule has 0 N–H and O–H groups in total. The maximum Gasteiger partial charge on any atom is 0.209 e. The Morgan fingerprint density at radius 3 is 2.69 bits per heavy atom. The molecule has 0 aromatic rings. The Morgan fingerprint density at radius 2 is 2.15 bits per heavy atom. The first kappa shape index (κ1) is 10.5. The van der Waals surface area contributed by atoms with Gasteiger partial charge in [-0.25, -0.2) is 0 Å². The molecule has 0 aromatic carbocycles. The van der Waals surface area contributed by atoms with Crippen molar-refractivity contribution in [1.82, 2.24) is 4.90 Å². The van der Waals surface area contributed by atoms with Crippen molar-refractivity contribution in [2.24, 2.45) is 5.92 Å². The minimum Gasteiger partial charge on any atom is -0.375 e. The summed E-state index contributed by atoms with van der Waals surface area (Å²) in [6.45, 7) is 5.02. The van der Waals surface area contributed by atoms with Gasteiger partial charge in [0.2, 0.25) is 6.41 Å². The molecule has 1 rings (SSSR count). The summed E-state index contributed by atoms with van der Waals surface area (Å²) in [5.41, 5.74) is 0. The quantitative estimate of drug-likeness (QED) is 0.620. The zero-order valence-electron chi connectivity index (χ0n) is 8.69. The van der Waals surface area contributed by atoms with E-state index in [1.165, 1.54) is 6.42 Å². The molecular weight excluding hydrogens is 166 g/mol. The summed E-state index contributed by atoms with van der Waals surface area (Å²) in [4.78, 5) is 12.1. The van der Waals surface area contributed by atoms with Crippen LogP contribution in [-0.2, 0) is 9.53 Å². The van der Waals surface area contributed by atoms with Crippen molar-refractivity contribution < 1.29 is 9.53 Å². The Labute approximate surface area is 80.1 Å². The molecule has 13 heavy (non-hydrogen) atoms. The summed E-state index contributed by atoms with van der Waals surface area (Å²) in [5, 5.41) is 0. The van der Waals surface area contributed by atoms with E-state index in [0.717, 1.165) is 19.4 Å². The normalized spacial score (nSPS) is 34.2. The number of amides is 1. The van der Waals surface area contributed by atoms with Crippen LogP contribution in [0.25, 0.3) is 0 Å². The molecule has 0 radical (unpaired) electrons. The minimum atomic E-state index is 0.283. The zero-order chi connectivity index (χ0) is 9.84. The topological polar surface area (TPSA) is 29.5 Å². The first-order valence-corrected chi connectivity index (χ1v) is 4.94. The number of rotatable bonds is 3. The van der Waals surface area contributed by atoms with Gasteiger partial charge in [-0.15, -0.1) is 0 Å². The second-order valence-electron chi connectivity index (χ2n) is 4.03. The highest BCUT2D eigenvalue weighted by atomic mass is 16.5. The van der Waals surface area contributed by atoms with Crippen LogP contribution in [0.4, 0.5) is 0 Å². The number of hydrogen-bond acceptors (Lipinski definition) is 2. The van der Waals surface area contributed by atoms with Gasteiger partial charge in [0.15, 0.2) is 0 Å². The predicted molar refractivity (Wildman–Crippen MR) is 51.4 cm³/mol. The third-order valence-electron chi connectivity index (χ3n) is 2.76. The van der Waals surface area contributed by atoms with Gasteiger partial charge in [-0.2, -0.15) is 0 Å². The Morgan fingerprint density at radius 1 is 1.46 bits per heavy atom. The number of nitrogens with zero attached hydrogens (tertiary/aromatic N) is 1. The van der Waals surface area contributed by atoms with E-state index in [2.05, 4.69) is 13.8 Å². The molecule has 0 aromatic heterocycles. The lowest BCUT2D eigenvalue weighted by Gasteiger charge is -2.34. The highest BCUT2D eigenvalue weighted by Gasteiger charge is 2.26. The third kappa shape index (κ3) is 2.99. The summed E-state index contributed by atoms with van der Waals surface area (Å²) in [7, 11) is 1.82. The second kappa shape index (κ2) is 4.61. The fraction of sp³-hybridized carbons (Fsp3) is 0.900. The van der Waals surface area contributed by atoms with E-state index in [4.69, 9.17) is 4.74 Å². The highest BCUT2D eigenvalue weighted by molar-refractivity contribution is 5.46. The third-order valence-corrected chi connectivity index (χ3v) is 2.76. The largest absolute Gasteiger partial charge is 0.375 e.